The highest BCUT2D eigenvalue weighted by Gasteiger charge is 2.35. The summed E-state index contributed by atoms with van der Waals surface area (Å²) in [5, 5.41) is 20.5. The Hall–Kier alpha value is -7.69. The van der Waals surface area contributed by atoms with Crippen LogP contribution in [0.2, 0.25) is 0 Å². The van der Waals surface area contributed by atoms with Crippen molar-refractivity contribution in [2.75, 3.05) is 96.9 Å². The van der Waals surface area contributed by atoms with Crippen LogP contribution in [0.15, 0.2) is 177 Å². The van der Waals surface area contributed by atoms with Crippen LogP contribution in [0.1, 0.15) is 77.7 Å². The minimum absolute atomic E-state index is 0.0126. The number of carbonyl (C=O) groups excluding carboxylic acids is 1. The van der Waals surface area contributed by atoms with E-state index in [0.717, 1.165) is 117 Å². The van der Waals surface area contributed by atoms with Crippen molar-refractivity contribution < 1.29 is 42.9 Å². The van der Waals surface area contributed by atoms with E-state index in [0.29, 0.717) is 97.3 Å². The maximum absolute atomic E-state index is 14.2. The molecule has 0 unspecified atom stereocenters. The van der Waals surface area contributed by atoms with Gasteiger partial charge in [0.05, 0.1) is 25.8 Å². The summed E-state index contributed by atoms with van der Waals surface area (Å²) in [7, 11) is -14.3. The zero-order chi connectivity index (χ0) is 73.3. The van der Waals surface area contributed by atoms with Gasteiger partial charge < -0.3 is 37.3 Å². The molecule has 1 aliphatic carbocycles. The molecule has 5 fully saturated rings. The minimum atomic E-state index is -3.76. The van der Waals surface area contributed by atoms with Crippen molar-refractivity contribution in [3.05, 3.63) is 175 Å². The van der Waals surface area contributed by atoms with Gasteiger partial charge in [0.1, 0.15) is 0 Å². The van der Waals surface area contributed by atoms with Crippen molar-refractivity contribution in [3.63, 3.8) is 0 Å². The van der Waals surface area contributed by atoms with Crippen LogP contribution in [-0.4, -0.2) is 191 Å². The van der Waals surface area contributed by atoms with Gasteiger partial charge in [0.25, 0.3) is 5.56 Å². The zero-order valence-corrected chi connectivity index (χ0v) is 61.9. The van der Waals surface area contributed by atoms with E-state index < -0.39 is 45.9 Å². The lowest BCUT2D eigenvalue weighted by atomic mass is 9.79. The molecule has 103 heavy (non-hydrogen) atoms. The summed E-state index contributed by atoms with van der Waals surface area (Å²) in [6.45, 7) is 16.7. The van der Waals surface area contributed by atoms with E-state index in [1.165, 1.54) is 27.1 Å². The van der Waals surface area contributed by atoms with Crippen LogP contribution >= 0.6 is 0 Å². The first-order chi connectivity index (χ1) is 49.5. The molecule has 5 aliphatic rings. The fourth-order valence-corrected chi connectivity index (χ4v) is 20.9. The van der Waals surface area contributed by atoms with Gasteiger partial charge in [-0.15, -0.1) is 0 Å². The van der Waals surface area contributed by atoms with Crippen molar-refractivity contribution in [1.29, 1.82) is 0 Å². The van der Waals surface area contributed by atoms with Gasteiger partial charge in [0.15, 0.2) is 5.82 Å². The topological polar surface area (TPSA) is 337 Å². The molecule has 552 valence electrons. The van der Waals surface area contributed by atoms with Gasteiger partial charge in [0.2, 0.25) is 46.0 Å². The smallest absolute Gasteiger partial charge is 0.255 e. The second-order valence-corrected chi connectivity index (χ2v) is 34.0. The largest absolute Gasteiger partial charge is 0.329 e. The van der Waals surface area contributed by atoms with Crippen molar-refractivity contribution in [2.24, 2.45) is 17.6 Å². The molecule has 1 amide bonds. The molecule has 5 aromatic heterocycles. The third-order valence-corrected chi connectivity index (χ3v) is 27.2. The lowest BCUT2D eigenvalue weighted by Gasteiger charge is -2.29. The first kappa shape index (κ1) is 77.9. The Morgan fingerprint density at radius 3 is 1.58 bits per heavy atom. The molecule has 0 radical (unpaired) electrons. The molecule has 0 spiro atoms. The van der Waals surface area contributed by atoms with Crippen molar-refractivity contribution in [2.45, 2.75) is 117 Å². The van der Waals surface area contributed by atoms with E-state index in [1.807, 2.05) is 45.0 Å². The molecular weight excluding hydrogens is 1390 g/mol. The Morgan fingerprint density at radius 2 is 1.00 bits per heavy atom. The average molecular weight is 1490 g/mol. The predicted molar refractivity (Wildman–Crippen MR) is 401 cm³/mol. The number of nitrogens with one attached hydrogen (secondary N) is 6. The molecule has 30 heteroatoms. The number of pyridine rings is 5. The number of sulfonamides is 4. The first-order valence-corrected chi connectivity index (χ1v) is 40.9. The summed E-state index contributed by atoms with van der Waals surface area (Å²) in [6, 6.07) is 27.3. The third kappa shape index (κ3) is 19.1. The molecule has 3 atom stereocenters. The van der Waals surface area contributed by atoms with Crippen molar-refractivity contribution in [1.82, 2.24) is 63.4 Å². The van der Waals surface area contributed by atoms with Crippen molar-refractivity contribution in [3.8, 4) is 0 Å². The van der Waals surface area contributed by atoms with Gasteiger partial charge in [-0.25, -0.2) is 38.1 Å². The number of aryl methyl sites for hydroxylation is 1. The average Bonchev–Trinajstić information content (AvgIpc) is 1.42. The van der Waals surface area contributed by atoms with Gasteiger partial charge in [0, 0.05) is 188 Å². The Morgan fingerprint density at radius 1 is 0.515 bits per heavy atom. The Bertz CT molecular complexity index is 4740. The monoisotopic (exact) mass is 1490 g/mol. The van der Waals surface area contributed by atoms with Crippen LogP contribution in [0.4, 0.5) is 10.1 Å². The van der Waals surface area contributed by atoms with Crippen LogP contribution in [-0.2, 0) is 44.9 Å². The molecule has 8 N–H and O–H groups in total. The predicted octanol–water partition coefficient (Wildman–Crippen LogP) is 7.57. The fourth-order valence-electron chi connectivity index (χ4n) is 13.6. The van der Waals surface area contributed by atoms with E-state index in [4.69, 9.17) is 5.73 Å². The van der Waals surface area contributed by atoms with E-state index in [9.17, 15) is 47.7 Å². The Balaban J connectivity index is 0.000000139. The number of halogens is 1. The molecule has 9 heterocycles. The molecule has 1 saturated carbocycles. The SMILES string of the molecule is C[C@@H](N)C1CCC(C(=O)Nc2ccncc2)CC1.C[C@H]1CNCCCN1S(=O)(=O)c1cccc2cncc(F)c12.Cc1cncc2cccc(S(=O)(=O)N3CCCNC[C@@H]3C)c12.O=S(=O)(c1cccc2cnccc12)N1CCCNCC1.O=c1[nH]ccc2c(S(=O)(=O)N3CCCNCC3)cccc12. The highest BCUT2D eigenvalue weighted by Crippen LogP contribution is 2.34. The third-order valence-electron chi connectivity index (χ3n) is 19.2. The van der Waals surface area contributed by atoms with Crippen LogP contribution in [0.3, 0.4) is 0 Å². The summed E-state index contributed by atoms with van der Waals surface area (Å²) in [4.78, 5) is 43.4. The number of anilines is 1. The zero-order valence-electron chi connectivity index (χ0n) is 58.6. The number of hydrogen-bond acceptors (Lipinski definition) is 19. The number of aromatic nitrogens is 5. The molecule has 25 nitrogen and oxygen atoms in total. The molecule has 9 aromatic rings. The summed E-state index contributed by atoms with van der Waals surface area (Å²) < 4.78 is 124. The van der Waals surface area contributed by atoms with Crippen LogP contribution in [0.5, 0.6) is 0 Å². The first-order valence-electron chi connectivity index (χ1n) is 35.1. The van der Waals surface area contributed by atoms with Gasteiger partial charge >= 0.3 is 0 Å². The van der Waals surface area contributed by atoms with Crippen LogP contribution in [0.25, 0.3) is 43.1 Å². The number of H-pyrrole nitrogens is 1. The molecular formula is C73H94FN15O10S4. The quantitative estimate of drug-likeness (QED) is 0.0656. The van der Waals surface area contributed by atoms with E-state index in [1.54, 1.807) is 113 Å². The summed E-state index contributed by atoms with van der Waals surface area (Å²) in [6.07, 6.45) is 21.3. The lowest BCUT2D eigenvalue weighted by Crippen LogP contribution is -2.41. The van der Waals surface area contributed by atoms with E-state index >= 15 is 0 Å². The number of nitrogens with zero attached hydrogens (tertiary/aromatic N) is 8. The Kier molecular flexibility index (Phi) is 27.1. The maximum Gasteiger partial charge on any atom is 0.255 e. The number of fused-ring (bicyclic) bond motifs is 4. The standard InChI is InChI=1S/C16H21N3O2S.C15H18FN3O2S.C14H17N3O3S.C14H17N3O2S.C14H21N3O/c1-12-9-18-11-14-5-3-6-15(16(12)14)22(20,21)19-8-4-7-17-10-13(19)2;1-11-8-17-6-3-7-19(11)22(20,21)14-5-2-4-12-9-18-10-13(16)15(12)14;18-14-12-3-1-4-13(11(12)5-7-16-14)21(19,20)17-9-2-6-15-8-10-17;18-20(19,17-9-2-6-15-8-10-17)14-4-1-3-12-11-16-7-5-13(12)14;1-10(15)11-2-4-12(5-3-11)14(18)17-13-6-8-16-9-7-13/h3,5-6,9,11,13,17H,4,7-8,10H2,1-2H3;2,4-5,9-11,17H,3,6-8H2,1H3;1,3-5,7,15H,2,6,8-10H2,(H,16,18);1,3-5,7,11,15H,2,6,8-10H2;6-12H,2-5,15H2,1H3,(H,16,17,18)/t13-;11-;;;10-,11?,12?/m00..1/s1. The van der Waals surface area contributed by atoms with Gasteiger partial charge in [-0.1, -0.05) is 42.5 Å². The maximum atomic E-state index is 14.2. The molecule has 14 rings (SSSR count). The fraction of sp³-hybridized carbons (Fsp3) is 0.425. The highest BCUT2D eigenvalue weighted by molar-refractivity contribution is 7.90. The van der Waals surface area contributed by atoms with Crippen LogP contribution in [0, 0.1) is 24.6 Å². The normalized spacial score (nSPS) is 20.5. The lowest BCUT2D eigenvalue weighted by molar-refractivity contribution is -0.121. The molecule has 4 aromatic carbocycles. The number of carbonyl (C=O) groups is 1. The molecule has 0 bridgehead atoms. The van der Waals surface area contributed by atoms with E-state index in [-0.39, 0.29) is 50.7 Å². The number of aromatic amines is 1. The van der Waals surface area contributed by atoms with Gasteiger partial charge in [-0.05, 0) is 171 Å². The number of hydrogen-bond donors (Lipinski definition) is 7. The summed E-state index contributed by atoms with van der Waals surface area (Å²) in [5.74, 6) is 0.227. The highest BCUT2D eigenvalue weighted by atomic mass is 32.2. The summed E-state index contributed by atoms with van der Waals surface area (Å²) >= 11 is 0. The number of benzene rings is 4. The second kappa shape index (κ2) is 35.9. The summed E-state index contributed by atoms with van der Waals surface area (Å²) in [5.41, 5.74) is 7.34. The minimum Gasteiger partial charge on any atom is -0.329 e. The Labute approximate surface area is 603 Å². The van der Waals surface area contributed by atoms with Gasteiger partial charge in [-0.3, -0.25) is 29.5 Å². The number of amides is 1. The number of nitrogens with two attached hydrogens (primary N) is 1. The van der Waals surface area contributed by atoms with E-state index in [2.05, 4.69) is 58.4 Å². The van der Waals surface area contributed by atoms with Crippen molar-refractivity contribution >= 4 is 94.8 Å². The van der Waals surface area contributed by atoms with Crippen LogP contribution < -0.4 is 37.9 Å². The number of rotatable bonds is 11. The van der Waals surface area contributed by atoms with Gasteiger partial charge in [-0.2, -0.15) is 17.2 Å². The molecule has 4 aliphatic heterocycles. The molecule has 4 saturated heterocycles. The second-order valence-electron chi connectivity index (χ2n) is 26.4.